The molecular weight excluding hydrogens is 245 g/mol. The van der Waals surface area contributed by atoms with Gasteiger partial charge in [-0.05, 0) is 31.5 Å². The topological polar surface area (TPSA) is 71.8 Å². The van der Waals surface area contributed by atoms with Crippen molar-refractivity contribution < 1.29 is 4.39 Å². The Morgan fingerprint density at radius 1 is 1.32 bits per heavy atom. The maximum Gasteiger partial charge on any atom is 0.251 e. The molecule has 0 saturated heterocycles. The zero-order valence-electron chi connectivity index (χ0n) is 10.9. The molecule has 0 amide bonds. The van der Waals surface area contributed by atoms with Gasteiger partial charge in [0.15, 0.2) is 0 Å². The number of aromatic amines is 1. The molecule has 1 aromatic heterocycles. The Hall–Kier alpha value is -2.01. The van der Waals surface area contributed by atoms with Gasteiger partial charge < -0.3 is 10.7 Å². The van der Waals surface area contributed by atoms with Gasteiger partial charge in [0, 0.05) is 18.0 Å². The molecule has 0 spiro atoms. The maximum atomic E-state index is 13.0. The highest BCUT2D eigenvalue weighted by molar-refractivity contribution is 5.31. The van der Waals surface area contributed by atoms with Gasteiger partial charge in [0.2, 0.25) is 0 Å². The molecule has 19 heavy (non-hydrogen) atoms. The van der Waals surface area contributed by atoms with E-state index in [4.69, 9.17) is 5.73 Å². The second kappa shape index (κ2) is 4.93. The summed E-state index contributed by atoms with van der Waals surface area (Å²) in [5.41, 5.74) is 6.16. The highest BCUT2D eigenvalue weighted by Gasteiger charge is 2.26. The summed E-state index contributed by atoms with van der Waals surface area (Å²) in [5.74, 6) is 0.226. The van der Waals surface area contributed by atoms with Gasteiger partial charge in [0.05, 0.1) is 5.69 Å². The van der Waals surface area contributed by atoms with Crippen molar-refractivity contribution in [3.8, 4) is 0 Å². The first-order valence-corrected chi connectivity index (χ1v) is 6.00. The summed E-state index contributed by atoms with van der Waals surface area (Å²) in [7, 11) is 0. The number of halogens is 1. The zero-order valence-corrected chi connectivity index (χ0v) is 10.9. The van der Waals surface area contributed by atoms with Crippen LogP contribution < -0.4 is 11.3 Å². The van der Waals surface area contributed by atoms with Crippen molar-refractivity contribution in [3.05, 3.63) is 63.6 Å². The van der Waals surface area contributed by atoms with Crippen LogP contribution in [0.15, 0.2) is 35.1 Å². The summed E-state index contributed by atoms with van der Waals surface area (Å²) in [6.45, 7) is 4.04. The van der Waals surface area contributed by atoms with Gasteiger partial charge in [-0.3, -0.25) is 4.79 Å². The van der Waals surface area contributed by atoms with Gasteiger partial charge >= 0.3 is 0 Å². The lowest BCUT2D eigenvalue weighted by Crippen LogP contribution is -2.27. The first-order chi connectivity index (χ1) is 8.93. The lowest BCUT2D eigenvalue weighted by Gasteiger charge is -2.24. The molecule has 0 unspecified atom stereocenters. The second-order valence-electron chi connectivity index (χ2n) is 4.92. The molecule has 0 aliphatic heterocycles. The van der Waals surface area contributed by atoms with Gasteiger partial charge in [-0.1, -0.05) is 12.1 Å². The number of benzene rings is 1. The van der Waals surface area contributed by atoms with Crippen LogP contribution in [0.25, 0.3) is 0 Å². The van der Waals surface area contributed by atoms with Crippen LogP contribution in [0.4, 0.5) is 4.39 Å². The third-order valence-corrected chi connectivity index (χ3v) is 3.16. The molecule has 5 heteroatoms. The van der Waals surface area contributed by atoms with E-state index in [1.54, 1.807) is 12.1 Å². The number of nitrogens with zero attached hydrogens (tertiary/aromatic N) is 1. The van der Waals surface area contributed by atoms with E-state index >= 15 is 0 Å². The minimum absolute atomic E-state index is 0.205. The Balaban J connectivity index is 2.52. The van der Waals surface area contributed by atoms with Crippen molar-refractivity contribution in [1.29, 1.82) is 0 Å². The first kappa shape index (κ1) is 13.4. The number of hydrogen-bond acceptors (Lipinski definition) is 3. The molecule has 0 atom stereocenters. The molecular formula is C14H16FN3O. The van der Waals surface area contributed by atoms with Gasteiger partial charge in [0.1, 0.15) is 11.6 Å². The van der Waals surface area contributed by atoms with Crippen LogP contribution in [0.2, 0.25) is 0 Å². The van der Waals surface area contributed by atoms with Crippen molar-refractivity contribution in [2.75, 3.05) is 0 Å². The summed E-state index contributed by atoms with van der Waals surface area (Å²) in [4.78, 5) is 18.7. The zero-order chi connectivity index (χ0) is 14.0. The molecule has 2 rings (SSSR count). The van der Waals surface area contributed by atoms with Gasteiger partial charge in [-0.2, -0.15) is 0 Å². The standard InChI is InChI=1S/C14H16FN3O/c1-14(2,9-3-5-10(15)6-4-9)13-17-11(8-16)7-12(19)18-13/h3-7H,8,16H2,1-2H3,(H,17,18,19). The highest BCUT2D eigenvalue weighted by Crippen LogP contribution is 2.28. The Kier molecular flexibility index (Phi) is 3.48. The van der Waals surface area contributed by atoms with Crippen molar-refractivity contribution in [2.24, 2.45) is 5.73 Å². The maximum absolute atomic E-state index is 13.0. The molecule has 0 saturated carbocycles. The molecule has 0 radical (unpaired) electrons. The second-order valence-corrected chi connectivity index (χ2v) is 4.92. The molecule has 1 aromatic carbocycles. The summed E-state index contributed by atoms with van der Waals surface area (Å²) in [5, 5.41) is 0. The Morgan fingerprint density at radius 2 is 1.95 bits per heavy atom. The van der Waals surface area contributed by atoms with Crippen LogP contribution in [0, 0.1) is 5.82 Å². The van der Waals surface area contributed by atoms with Crippen molar-refractivity contribution in [1.82, 2.24) is 9.97 Å². The Labute approximate surface area is 110 Å². The first-order valence-electron chi connectivity index (χ1n) is 6.00. The van der Waals surface area contributed by atoms with Crippen LogP contribution in [0.3, 0.4) is 0 Å². The average molecular weight is 261 g/mol. The SMILES string of the molecule is CC(C)(c1ccc(F)cc1)c1nc(CN)cc(=O)[nH]1. The predicted molar refractivity (Wildman–Crippen MR) is 71.3 cm³/mol. The largest absolute Gasteiger partial charge is 0.325 e. The van der Waals surface area contributed by atoms with Gasteiger partial charge in [0.25, 0.3) is 5.56 Å². The number of nitrogens with one attached hydrogen (secondary N) is 1. The lowest BCUT2D eigenvalue weighted by molar-refractivity contribution is 0.576. The monoisotopic (exact) mass is 261 g/mol. The summed E-state index contributed by atoms with van der Waals surface area (Å²) in [6.07, 6.45) is 0. The van der Waals surface area contributed by atoms with Crippen molar-refractivity contribution in [2.45, 2.75) is 25.8 Å². The summed E-state index contributed by atoms with van der Waals surface area (Å²) >= 11 is 0. The fourth-order valence-electron chi connectivity index (χ4n) is 1.91. The van der Waals surface area contributed by atoms with E-state index in [0.29, 0.717) is 11.5 Å². The number of hydrogen-bond donors (Lipinski definition) is 2. The minimum atomic E-state index is -0.530. The molecule has 0 fully saturated rings. The van der Waals surface area contributed by atoms with Crippen LogP contribution in [-0.2, 0) is 12.0 Å². The van der Waals surface area contributed by atoms with Gasteiger partial charge in [-0.15, -0.1) is 0 Å². The molecule has 1 heterocycles. The van der Waals surface area contributed by atoms with Crippen molar-refractivity contribution in [3.63, 3.8) is 0 Å². The minimum Gasteiger partial charge on any atom is -0.325 e. The average Bonchev–Trinajstić information content (AvgIpc) is 2.38. The van der Waals surface area contributed by atoms with E-state index < -0.39 is 5.41 Å². The molecule has 2 aromatic rings. The lowest BCUT2D eigenvalue weighted by atomic mass is 9.83. The molecule has 3 N–H and O–H groups in total. The van der Waals surface area contributed by atoms with E-state index in [1.165, 1.54) is 18.2 Å². The van der Waals surface area contributed by atoms with E-state index in [1.807, 2.05) is 13.8 Å². The van der Waals surface area contributed by atoms with Gasteiger partial charge in [-0.25, -0.2) is 9.37 Å². The Morgan fingerprint density at radius 3 is 2.53 bits per heavy atom. The molecule has 100 valence electrons. The van der Waals surface area contributed by atoms with E-state index in [-0.39, 0.29) is 17.9 Å². The summed E-state index contributed by atoms with van der Waals surface area (Å²) in [6, 6.07) is 7.53. The molecule has 4 nitrogen and oxygen atoms in total. The van der Waals surface area contributed by atoms with Crippen LogP contribution >= 0.6 is 0 Å². The molecule has 0 aliphatic carbocycles. The predicted octanol–water partition coefficient (Wildman–Crippen LogP) is 1.69. The normalized spacial score (nSPS) is 11.6. The molecule has 0 bridgehead atoms. The van der Waals surface area contributed by atoms with Crippen LogP contribution in [-0.4, -0.2) is 9.97 Å². The van der Waals surface area contributed by atoms with E-state index in [2.05, 4.69) is 9.97 Å². The van der Waals surface area contributed by atoms with E-state index in [9.17, 15) is 9.18 Å². The fourth-order valence-corrected chi connectivity index (χ4v) is 1.91. The van der Waals surface area contributed by atoms with E-state index in [0.717, 1.165) is 5.56 Å². The number of nitrogens with two attached hydrogens (primary N) is 1. The highest BCUT2D eigenvalue weighted by atomic mass is 19.1. The number of H-pyrrole nitrogens is 1. The number of aromatic nitrogens is 2. The third kappa shape index (κ3) is 2.71. The fraction of sp³-hybridized carbons (Fsp3) is 0.286. The van der Waals surface area contributed by atoms with Crippen molar-refractivity contribution >= 4 is 0 Å². The third-order valence-electron chi connectivity index (χ3n) is 3.16. The quantitative estimate of drug-likeness (QED) is 0.883. The summed E-state index contributed by atoms with van der Waals surface area (Å²) < 4.78 is 13.0. The smallest absolute Gasteiger partial charge is 0.251 e. The number of rotatable bonds is 3. The van der Waals surface area contributed by atoms with Crippen LogP contribution in [0.5, 0.6) is 0 Å². The van der Waals surface area contributed by atoms with Crippen LogP contribution in [0.1, 0.15) is 30.9 Å². The molecule has 0 aliphatic rings. The Bertz CT molecular complexity index is 632.